The first-order valence-electron chi connectivity index (χ1n) is 13.4. The smallest absolute Gasteiger partial charge is 0.323 e. The van der Waals surface area contributed by atoms with E-state index in [9.17, 15) is 23.5 Å². The molecule has 3 aromatic carbocycles. The summed E-state index contributed by atoms with van der Waals surface area (Å²) in [6.45, 7) is 5.68. The summed E-state index contributed by atoms with van der Waals surface area (Å²) >= 11 is -2.69. The van der Waals surface area contributed by atoms with Crippen molar-refractivity contribution in [3.05, 3.63) is 101 Å². The van der Waals surface area contributed by atoms with Crippen molar-refractivity contribution in [2.24, 2.45) is 5.92 Å². The number of carboxylic acid groups (broad SMARTS) is 1. The van der Waals surface area contributed by atoms with Crippen LogP contribution in [0.3, 0.4) is 0 Å². The molecule has 3 aromatic rings. The van der Waals surface area contributed by atoms with Gasteiger partial charge in [0.2, 0.25) is 0 Å². The molecule has 10 heteroatoms. The molecule has 0 aromatic heterocycles. The number of hydrogen-bond donors (Lipinski definition) is 2. The van der Waals surface area contributed by atoms with Crippen molar-refractivity contribution < 1.29 is 23.5 Å². The molecule has 2 N–H and O–H groups in total. The number of carbonyl (C=O) groups excluding carboxylic acids is 1. The second kappa shape index (κ2) is 14.1. The van der Waals surface area contributed by atoms with Crippen LogP contribution in [0, 0.1) is 17.8 Å². The van der Waals surface area contributed by atoms with Crippen LogP contribution in [0.15, 0.2) is 78.9 Å². The minimum Gasteiger partial charge on any atom is -0.759 e. The molecule has 9 nitrogen and oxygen atoms in total. The summed E-state index contributed by atoms with van der Waals surface area (Å²) < 4.78 is 24.8. The lowest BCUT2D eigenvalue weighted by Gasteiger charge is -2.45. The third kappa shape index (κ3) is 8.02. The van der Waals surface area contributed by atoms with Gasteiger partial charge in [0.25, 0.3) is 5.91 Å². The molecule has 2 atom stereocenters. The zero-order valence-corrected chi connectivity index (χ0v) is 23.8. The fraction of sp³-hybridized carbons (Fsp3) is 0.290. The second-order valence-electron chi connectivity index (χ2n) is 10.0. The fourth-order valence-electron chi connectivity index (χ4n) is 4.67. The summed E-state index contributed by atoms with van der Waals surface area (Å²) in [5.74, 6) is 4.57. The van der Waals surface area contributed by atoms with E-state index < -0.39 is 23.3 Å². The van der Waals surface area contributed by atoms with Gasteiger partial charge in [0.05, 0.1) is 0 Å². The van der Waals surface area contributed by atoms with E-state index in [1.807, 2.05) is 66.7 Å². The molecule has 1 fully saturated rings. The zero-order valence-electron chi connectivity index (χ0n) is 23.0. The first-order chi connectivity index (χ1) is 19.7. The maximum atomic E-state index is 12.6. The van der Waals surface area contributed by atoms with Crippen LogP contribution in [-0.4, -0.2) is 67.4 Å². The van der Waals surface area contributed by atoms with Gasteiger partial charge in [-0.25, -0.2) is 5.01 Å². The third-order valence-electron chi connectivity index (χ3n) is 6.81. The predicted octanol–water partition coefficient (Wildman–Crippen LogP) is 3.26. The summed E-state index contributed by atoms with van der Waals surface area (Å²) in [7, 11) is 0. The van der Waals surface area contributed by atoms with Gasteiger partial charge in [-0.05, 0) is 53.9 Å². The number of hydrogen-bond acceptors (Lipinski definition) is 6. The number of nitrogens with one attached hydrogen (secondary N) is 1. The molecule has 1 aliphatic rings. The van der Waals surface area contributed by atoms with E-state index in [1.165, 1.54) is 0 Å². The second-order valence-corrected chi connectivity index (χ2v) is 10.8. The van der Waals surface area contributed by atoms with E-state index in [0.29, 0.717) is 38.3 Å². The summed E-state index contributed by atoms with van der Waals surface area (Å²) in [6.07, 6.45) is 0. The number of benzene rings is 3. The number of anilines is 1. The van der Waals surface area contributed by atoms with Crippen LogP contribution in [-0.2, 0) is 22.6 Å². The SMILES string of the molecule is CC(C)C(C(=O)O)N(N1CCN(c2ccc(C#Cc3cccc(C(=O)NCc4ccccc4)c3)cc2)CC1)S(=O)[O-]. The normalized spacial score (nSPS) is 15.2. The molecule has 214 valence electrons. The van der Waals surface area contributed by atoms with Crippen LogP contribution in [0.25, 0.3) is 0 Å². The van der Waals surface area contributed by atoms with Gasteiger partial charge in [-0.15, -0.1) is 0 Å². The van der Waals surface area contributed by atoms with Crippen molar-refractivity contribution in [2.75, 3.05) is 31.1 Å². The summed E-state index contributed by atoms with van der Waals surface area (Å²) in [5.41, 5.74) is 4.10. The van der Waals surface area contributed by atoms with Gasteiger partial charge in [-0.1, -0.05) is 62.1 Å². The van der Waals surface area contributed by atoms with Gasteiger partial charge in [-0.3, -0.25) is 13.8 Å². The topological polar surface area (TPSA) is 116 Å². The van der Waals surface area contributed by atoms with E-state index in [-0.39, 0.29) is 11.8 Å². The Bertz CT molecular complexity index is 1430. The van der Waals surface area contributed by atoms with Gasteiger partial charge in [-0.2, -0.15) is 4.41 Å². The third-order valence-corrected chi connectivity index (χ3v) is 7.58. The molecule has 0 saturated carbocycles. The molecule has 0 radical (unpaired) electrons. The monoisotopic (exact) mass is 573 g/mol. The Labute approximate surface area is 243 Å². The van der Waals surface area contributed by atoms with Crippen LogP contribution in [0.2, 0.25) is 0 Å². The lowest BCUT2D eigenvalue weighted by molar-refractivity contribution is -0.149. The highest BCUT2D eigenvalue weighted by Crippen LogP contribution is 2.21. The van der Waals surface area contributed by atoms with E-state index in [2.05, 4.69) is 22.1 Å². The number of piperazine rings is 1. The van der Waals surface area contributed by atoms with Crippen molar-refractivity contribution in [1.82, 2.24) is 14.7 Å². The molecule has 1 heterocycles. The van der Waals surface area contributed by atoms with E-state index in [0.717, 1.165) is 26.8 Å². The van der Waals surface area contributed by atoms with E-state index in [4.69, 9.17) is 0 Å². The van der Waals surface area contributed by atoms with Gasteiger partial charge >= 0.3 is 5.97 Å². The van der Waals surface area contributed by atoms with Crippen molar-refractivity contribution in [2.45, 2.75) is 26.4 Å². The Morgan fingerprint density at radius 1 is 0.951 bits per heavy atom. The first-order valence-corrected chi connectivity index (χ1v) is 14.4. The highest BCUT2D eigenvalue weighted by molar-refractivity contribution is 7.76. The average molecular weight is 574 g/mol. The van der Waals surface area contributed by atoms with Crippen LogP contribution in [0.1, 0.15) is 40.9 Å². The number of amides is 1. The molecule has 1 aliphatic heterocycles. The highest BCUT2D eigenvalue weighted by atomic mass is 32.2. The first kappa shape index (κ1) is 30.0. The summed E-state index contributed by atoms with van der Waals surface area (Å²) in [6, 6.07) is 23.6. The minimum absolute atomic E-state index is 0.158. The number of carboxylic acids is 1. The molecular weight excluding hydrogens is 540 g/mol. The van der Waals surface area contributed by atoms with Crippen LogP contribution < -0.4 is 10.2 Å². The Kier molecular flexibility index (Phi) is 10.3. The van der Waals surface area contributed by atoms with E-state index in [1.54, 1.807) is 31.0 Å². The van der Waals surface area contributed by atoms with Gasteiger partial charge in [0, 0.05) is 66.4 Å². The Morgan fingerprint density at radius 3 is 2.22 bits per heavy atom. The van der Waals surface area contributed by atoms with Crippen molar-refractivity contribution >= 4 is 28.8 Å². The van der Waals surface area contributed by atoms with Gasteiger partial charge in [0.15, 0.2) is 0 Å². The number of carbonyl (C=O) groups is 2. The zero-order chi connectivity index (χ0) is 29.4. The Hall–Kier alpha value is -4.01. The maximum Gasteiger partial charge on any atom is 0.323 e. The largest absolute Gasteiger partial charge is 0.759 e. The quantitative estimate of drug-likeness (QED) is 0.298. The lowest BCUT2D eigenvalue weighted by Crippen LogP contribution is -2.60. The fourth-order valence-corrected chi connectivity index (χ4v) is 5.54. The Morgan fingerprint density at radius 2 is 1.61 bits per heavy atom. The molecular formula is C31H33N4O5S-. The predicted molar refractivity (Wildman–Crippen MR) is 157 cm³/mol. The number of hydrazine groups is 1. The van der Waals surface area contributed by atoms with Crippen LogP contribution >= 0.6 is 0 Å². The minimum atomic E-state index is -2.69. The van der Waals surface area contributed by atoms with Crippen molar-refractivity contribution in [3.8, 4) is 11.8 Å². The van der Waals surface area contributed by atoms with Crippen LogP contribution in [0.5, 0.6) is 0 Å². The number of nitrogens with zero attached hydrogens (tertiary/aromatic N) is 3. The van der Waals surface area contributed by atoms with Crippen LogP contribution in [0.4, 0.5) is 5.69 Å². The highest BCUT2D eigenvalue weighted by Gasteiger charge is 2.35. The number of rotatable bonds is 9. The molecule has 2 unspecified atom stereocenters. The van der Waals surface area contributed by atoms with Gasteiger partial charge < -0.3 is 19.9 Å². The molecule has 0 aliphatic carbocycles. The molecule has 41 heavy (non-hydrogen) atoms. The Balaban J connectivity index is 1.35. The average Bonchev–Trinajstić information content (AvgIpc) is 2.98. The molecule has 0 spiro atoms. The van der Waals surface area contributed by atoms with Crippen molar-refractivity contribution in [3.63, 3.8) is 0 Å². The van der Waals surface area contributed by atoms with E-state index >= 15 is 0 Å². The maximum absolute atomic E-state index is 12.6. The molecule has 1 saturated heterocycles. The number of aliphatic carboxylic acids is 1. The van der Waals surface area contributed by atoms with Gasteiger partial charge in [0.1, 0.15) is 6.04 Å². The molecule has 4 rings (SSSR count). The summed E-state index contributed by atoms with van der Waals surface area (Å²) in [4.78, 5) is 26.4. The summed E-state index contributed by atoms with van der Waals surface area (Å²) in [5, 5.41) is 14.1. The lowest BCUT2D eigenvalue weighted by atomic mass is 10.1. The van der Waals surface area contributed by atoms with Crippen molar-refractivity contribution in [1.29, 1.82) is 0 Å². The molecule has 1 amide bonds. The standard InChI is InChI=1S/C31H34N4O5S/c1-23(2)29(31(37)38)35(41(39)40)34-19-17-33(18-20-34)28-15-13-24(14-16-28)11-12-25-9-6-10-27(21-25)30(36)32-22-26-7-4-3-5-8-26/h3-10,13-16,21,23,29H,17-20,22H2,1-2H3,(H,32,36)(H,37,38)(H,39,40)/p-1. The molecule has 0 bridgehead atoms.